The summed E-state index contributed by atoms with van der Waals surface area (Å²) in [6, 6.07) is 8.36. The molecule has 21 heavy (non-hydrogen) atoms. The van der Waals surface area contributed by atoms with Gasteiger partial charge in [-0.05, 0) is 43.9 Å². The van der Waals surface area contributed by atoms with Crippen LogP contribution in [0.3, 0.4) is 0 Å². The number of hydrogen-bond donors (Lipinski definition) is 2. The molecule has 2 N–H and O–H groups in total. The Bertz CT molecular complexity index is 596. The third kappa shape index (κ3) is 3.88. The van der Waals surface area contributed by atoms with Crippen molar-refractivity contribution in [3.05, 3.63) is 35.7 Å². The van der Waals surface area contributed by atoms with E-state index in [2.05, 4.69) is 58.0 Å². The van der Waals surface area contributed by atoms with Crippen LogP contribution in [0.5, 0.6) is 0 Å². The van der Waals surface area contributed by atoms with E-state index >= 15 is 0 Å². The number of aromatic nitrogens is 2. The van der Waals surface area contributed by atoms with Crippen LogP contribution >= 0.6 is 11.8 Å². The van der Waals surface area contributed by atoms with Crippen molar-refractivity contribution in [1.29, 1.82) is 0 Å². The molecule has 2 aromatic rings. The number of aryl methyl sites for hydroxylation is 1. The lowest BCUT2D eigenvalue weighted by atomic mass is 10.2. The van der Waals surface area contributed by atoms with Crippen LogP contribution in [0.25, 0.3) is 0 Å². The smallest absolute Gasteiger partial charge is 0.139 e. The lowest BCUT2D eigenvalue weighted by molar-refractivity contribution is 0.835. The van der Waals surface area contributed by atoms with E-state index in [4.69, 9.17) is 0 Å². The van der Waals surface area contributed by atoms with E-state index in [1.807, 2.05) is 14.0 Å². The Morgan fingerprint density at radius 2 is 1.76 bits per heavy atom. The summed E-state index contributed by atoms with van der Waals surface area (Å²) >= 11 is 1.74. The van der Waals surface area contributed by atoms with Gasteiger partial charge >= 0.3 is 0 Å². The molecule has 1 aromatic heterocycles. The van der Waals surface area contributed by atoms with Crippen molar-refractivity contribution in [3.63, 3.8) is 0 Å². The SMILES string of the molecule is CCCc1nc(NC)c(C)c(Nc2ccc(SC)cc2)n1. The largest absolute Gasteiger partial charge is 0.373 e. The van der Waals surface area contributed by atoms with Crippen LogP contribution in [0.2, 0.25) is 0 Å². The van der Waals surface area contributed by atoms with Gasteiger partial charge in [0.05, 0.1) is 0 Å². The molecule has 112 valence electrons. The summed E-state index contributed by atoms with van der Waals surface area (Å²) in [6.45, 7) is 4.16. The molecule has 1 aromatic carbocycles. The average Bonchev–Trinajstić information content (AvgIpc) is 2.51. The summed E-state index contributed by atoms with van der Waals surface area (Å²) in [5, 5.41) is 6.54. The van der Waals surface area contributed by atoms with E-state index in [1.54, 1.807) is 11.8 Å². The van der Waals surface area contributed by atoms with E-state index < -0.39 is 0 Å². The minimum Gasteiger partial charge on any atom is -0.373 e. The second-order valence-corrected chi connectivity index (χ2v) is 5.70. The highest BCUT2D eigenvalue weighted by Gasteiger charge is 2.10. The Hall–Kier alpha value is -1.75. The molecule has 0 saturated carbocycles. The third-order valence-electron chi connectivity index (χ3n) is 3.26. The fourth-order valence-electron chi connectivity index (χ4n) is 2.07. The van der Waals surface area contributed by atoms with Gasteiger partial charge in [-0.15, -0.1) is 11.8 Å². The molecule has 0 unspecified atom stereocenters. The van der Waals surface area contributed by atoms with E-state index in [0.29, 0.717) is 0 Å². The van der Waals surface area contributed by atoms with Crippen molar-refractivity contribution in [2.45, 2.75) is 31.6 Å². The number of rotatable bonds is 6. The molecule has 0 spiro atoms. The molecule has 0 aliphatic heterocycles. The molecule has 0 aliphatic carbocycles. The summed E-state index contributed by atoms with van der Waals surface area (Å²) in [6.07, 6.45) is 4.00. The van der Waals surface area contributed by atoms with E-state index in [-0.39, 0.29) is 0 Å². The number of benzene rings is 1. The summed E-state index contributed by atoms with van der Waals surface area (Å²) in [7, 11) is 1.89. The Balaban J connectivity index is 2.30. The van der Waals surface area contributed by atoms with Crippen LogP contribution in [-0.2, 0) is 6.42 Å². The first kappa shape index (κ1) is 15.6. The minimum absolute atomic E-state index is 0.870. The highest BCUT2D eigenvalue weighted by Crippen LogP contribution is 2.25. The quantitative estimate of drug-likeness (QED) is 0.781. The first-order valence-electron chi connectivity index (χ1n) is 7.14. The fourth-order valence-corrected chi connectivity index (χ4v) is 2.48. The normalized spacial score (nSPS) is 10.5. The van der Waals surface area contributed by atoms with E-state index in [9.17, 15) is 0 Å². The lowest BCUT2D eigenvalue weighted by Gasteiger charge is -2.14. The molecule has 5 heteroatoms. The number of nitrogens with one attached hydrogen (secondary N) is 2. The summed E-state index contributed by atoms with van der Waals surface area (Å²) in [5.74, 6) is 2.63. The molecular formula is C16H22N4S. The second-order valence-electron chi connectivity index (χ2n) is 4.82. The molecule has 2 rings (SSSR count). The van der Waals surface area contributed by atoms with Crippen molar-refractivity contribution >= 4 is 29.1 Å². The maximum absolute atomic E-state index is 4.64. The number of thioether (sulfide) groups is 1. The zero-order valence-corrected chi connectivity index (χ0v) is 13.8. The number of hydrogen-bond acceptors (Lipinski definition) is 5. The van der Waals surface area contributed by atoms with Crippen molar-refractivity contribution in [1.82, 2.24) is 9.97 Å². The molecular weight excluding hydrogens is 280 g/mol. The molecule has 1 heterocycles. The van der Waals surface area contributed by atoms with Gasteiger partial charge in [0.15, 0.2) is 0 Å². The summed E-state index contributed by atoms with van der Waals surface area (Å²) < 4.78 is 0. The van der Waals surface area contributed by atoms with Gasteiger partial charge in [-0.1, -0.05) is 6.92 Å². The van der Waals surface area contributed by atoms with Crippen molar-refractivity contribution < 1.29 is 0 Å². The third-order valence-corrected chi connectivity index (χ3v) is 4.00. The van der Waals surface area contributed by atoms with Gasteiger partial charge < -0.3 is 10.6 Å². The number of anilines is 3. The zero-order valence-electron chi connectivity index (χ0n) is 13.0. The van der Waals surface area contributed by atoms with Gasteiger partial charge in [-0.25, -0.2) is 9.97 Å². The van der Waals surface area contributed by atoms with Crippen LogP contribution in [0.1, 0.15) is 24.7 Å². The Kier molecular flexibility index (Phi) is 5.44. The maximum atomic E-state index is 4.64. The Morgan fingerprint density at radius 3 is 2.33 bits per heavy atom. The minimum atomic E-state index is 0.870. The monoisotopic (exact) mass is 302 g/mol. The molecule has 0 fully saturated rings. The van der Waals surface area contributed by atoms with Crippen LogP contribution in [0, 0.1) is 6.92 Å². The van der Waals surface area contributed by atoms with Crippen molar-refractivity contribution in [2.75, 3.05) is 23.9 Å². The second kappa shape index (κ2) is 7.31. The Labute approximate surface area is 130 Å². The van der Waals surface area contributed by atoms with Crippen molar-refractivity contribution in [3.8, 4) is 0 Å². The lowest BCUT2D eigenvalue weighted by Crippen LogP contribution is -2.07. The van der Waals surface area contributed by atoms with Gasteiger partial charge in [0.25, 0.3) is 0 Å². The number of nitrogens with zero attached hydrogens (tertiary/aromatic N) is 2. The van der Waals surface area contributed by atoms with Gasteiger partial charge in [0, 0.05) is 29.6 Å². The summed E-state index contributed by atoms with van der Waals surface area (Å²) in [5.41, 5.74) is 2.07. The molecule has 4 nitrogen and oxygen atoms in total. The molecule has 0 amide bonds. The standard InChI is InChI=1S/C16H22N4S/c1-5-6-14-19-15(17-3)11(2)16(20-14)18-12-7-9-13(21-4)10-8-12/h7-10H,5-6H2,1-4H3,(H2,17,18,19,20). The highest BCUT2D eigenvalue weighted by atomic mass is 32.2. The highest BCUT2D eigenvalue weighted by molar-refractivity contribution is 7.98. The first-order valence-corrected chi connectivity index (χ1v) is 8.36. The van der Waals surface area contributed by atoms with Gasteiger partial charge in [-0.2, -0.15) is 0 Å². The zero-order chi connectivity index (χ0) is 15.2. The van der Waals surface area contributed by atoms with Crippen LogP contribution < -0.4 is 10.6 Å². The van der Waals surface area contributed by atoms with Crippen LogP contribution in [-0.4, -0.2) is 23.3 Å². The molecule has 0 radical (unpaired) electrons. The van der Waals surface area contributed by atoms with Crippen LogP contribution in [0.4, 0.5) is 17.3 Å². The first-order chi connectivity index (χ1) is 10.2. The fraction of sp³-hybridized carbons (Fsp3) is 0.375. The maximum Gasteiger partial charge on any atom is 0.139 e. The van der Waals surface area contributed by atoms with Crippen LogP contribution in [0.15, 0.2) is 29.2 Å². The molecule has 0 atom stereocenters. The van der Waals surface area contributed by atoms with Gasteiger partial charge in [0.2, 0.25) is 0 Å². The van der Waals surface area contributed by atoms with Gasteiger partial charge in [-0.3, -0.25) is 0 Å². The summed E-state index contributed by atoms with van der Waals surface area (Å²) in [4.78, 5) is 10.4. The van der Waals surface area contributed by atoms with Crippen molar-refractivity contribution in [2.24, 2.45) is 0 Å². The predicted octanol–water partition coefficient (Wildman–Crippen LogP) is 4.24. The molecule has 0 bridgehead atoms. The molecule has 0 saturated heterocycles. The molecule has 0 aliphatic rings. The topological polar surface area (TPSA) is 49.8 Å². The Morgan fingerprint density at radius 1 is 1.10 bits per heavy atom. The van der Waals surface area contributed by atoms with E-state index in [0.717, 1.165) is 41.6 Å². The predicted molar refractivity (Wildman–Crippen MR) is 91.8 cm³/mol. The van der Waals surface area contributed by atoms with Gasteiger partial charge in [0.1, 0.15) is 17.5 Å². The average molecular weight is 302 g/mol. The van der Waals surface area contributed by atoms with E-state index in [1.165, 1.54) is 4.90 Å².